The lowest BCUT2D eigenvalue weighted by Crippen LogP contribution is -2.55. The Balaban J connectivity index is 1.76. The standard InChI is InChI=1S/C27H40N2O5/c1-17(22(30)13-14-27(2,3)4)23(31)24(34-5)25(32)28-20-16-18-10-6-7-11-19(18)21-12-8-9-15-29(21)26(20)33/h6-7,10-11,13-14,17,20-24,30-31H,8-9,12,15-16H2,1-5H3,(H,28,32)/b14-13+/t17-,20?,21+,22+,23+,24+/m0/s1. The molecule has 2 aliphatic rings. The van der Waals surface area contributed by atoms with E-state index >= 15 is 0 Å². The zero-order valence-corrected chi connectivity index (χ0v) is 21.0. The summed E-state index contributed by atoms with van der Waals surface area (Å²) in [5.41, 5.74) is 2.09. The molecule has 3 rings (SSSR count). The van der Waals surface area contributed by atoms with Crippen LogP contribution in [0.5, 0.6) is 0 Å². The van der Waals surface area contributed by atoms with Crippen molar-refractivity contribution in [3.63, 3.8) is 0 Å². The second-order valence-electron chi connectivity index (χ2n) is 10.7. The van der Waals surface area contributed by atoms with Gasteiger partial charge in [0.1, 0.15) is 6.04 Å². The van der Waals surface area contributed by atoms with Crippen LogP contribution in [-0.4, -0.2) is 64.9 Å². The van der Waals surface area contributed by atoms with Crippen molar-refractivity contribution in [3.05, 3.63) is 47.5 Å². The second-order valence-corrected chi connectivity index (χ2v) is 10.7. The van der Waals surface area contributed by atoms with Crippen LogP contribution in [0.4, 0.5) is 0 Å². The summed E-state index contributed by atoms with van der Waals surface area (Å²) >= 11 is 0. The minimum absolute atomic E-state index is 0.0351. The number of piperidine rings is 1. The Morgan fingerprint density at radius 3 is 2.62 bits per heavy atom. The van der Waals surface area contributed by atoms with E-state index in [2.05, 4.69) is 11.4 Å². The normalized spacial score (nSPS) is 24.6. The smallest absolute Gasteiger partial charge is 0.252 e. The average Bonchev–Trinajstić information content (AvgIpc) is 2.92. The maximum atomic E-state index is 13.4. The second kappa shape index (κ2) is 11.0. The molecule has 0 bridgehead atoms. The highest BCUT2D eigenvalue weighted by molar-refractivity contribution is 5.90. The van der Waals surface area contributed by atoms with Crippen molar-refractivity contribution in [1.82, 2.24) is 10.2 Å². The lowest BCUT2D eigenvalue weighted by molar-refractivity contribution is -0.147. The lowest BCUT2D eigenvalue weighted by Gasteiger charge is -2.36. The Hall–Kier alpha value is -2.22. The van der Waals surface area contributed by atoms with E-state index in [9.17, 15) is 19.8 Å². The van der Waals surface area contributed by atoms with Crippen LogP contribution < -0.4 is 5.32 Å². The van der Waals surface area contributed by atoms with Gasteiger partial charge in [-0.2, -0.15) is 0 Å². The molecule has 1 aromatic carbocycles. The SMILES string of the molecule is CO[C@@H](C(=O)NC1Cc2ccccc2[C@H]2CCCCN2C1=O)[C@H](O)[C@@H](C)[C@H](O)/C=C/C(C)(C)C. The number of benzene rings is 1. The van der Waals surface area contributed by atoms with Crippen molar-refractivity contribution in [2.45, 2.75) is 83.8 Å². The number of nitrogens with one attached hydrogen (secondary N) is 1. The van der Waals surface area contributed by atoms with E-state index in [1.54, 1.807) is 13.0 Å². The first-order chi connectivity index (χ1) is 16.0. The van der Waals surface area contributed by atoms with Gasteiger partial charge in [-0.25, -0.2) is 0 Å². The predicted molar refractivity (Wildman–Crippen MR) is 131 cm³/mol. The number of carbonyl (C=O) groups is 2. The molecule has 2 aliphatic heterocycles. The fraction of sp³-hybridized carbons (Fsp3) is 0.630. The van der Waals surface area contributed by atoms with E-state index in [-0.39, 0.29) is 17.4 Å². The van der Waals surface area contributed by atoms with Crippen molar-refractivity contribution >= 4 is 11.8 Å². The summed E-state index contributed by atoms with van der Waals surface area (Å²) in [5.74, 6) is -1.30. The number of aliphatic hydroxyl groups excluding tert-OH is 2. The number of hydrogen-bond donors (Lipinski definition) is 3. The van der Waals surface area contributed by atoms with E-state index in [1.807, 2.05) is 49.9 Å². The predicted octanol–water partition coefficient (Wildman–Crippen LogP) is 2.76. The number of carbonyl (C=O) groups excluding carboxylic acids is 2. The molecule has 7 heteroatoms. The molecule has 3 N–H and O–H groups in total. The number of ether oxygens (including phenoxy) is 1. The summed E-state index contributed by atoms with van der Waals surface area (Å²) in [6, 6.07) is 7.34. The molecule has 1 saturated heterocycles. The quantitative estimate of drug-likeness (QED) is 0.530. The van der Waals surface area contributed by atoms with Gasteiger partial charge in [-0.3, -0.25) is 9.59 Å². The fourth-order valence-corrected chi connectivity index (χ4v) is 4.88. The van der Waals surface area contributed by atoms with Crippen molar-refractivity contribution in [2.24, 2.45) is 11.3 Å². The maximum absolute atomic E-state index is 13.4. The van der Waals surface area contributed by atoms with Crippen molar-refractivity contribution in [3.8, 4) is 0 Å². The first-order valence-corrected chi connectivity index (χ1v) is 12.3. The van der Waals surface area contributed by atoms with Gasteiger partial charge in [0, 0.05) is 26.0 Å². The van der Waals surface area contributed by atoms with Crippen LogP contribution in [0.1, 0.15) is 64.1 Å². The number of methoxy groups -OCH3 is 1. The Bertz CT molecular complexity index is 893. The molecule has 1 fully saturated rings. The van der Waals surface area contributed by atoms with Crippen LogP contribution in [0, 0.1) is 11.3 Å². The van der Waals surface area contributed by atoms with Crippen LogP contribution in [0.2, 0.25) is 0 Å². The molecule has 188 valence electrons. The van der Waals surface area contributed by atoms with Gasteiger partial charge < -0.3 is 25.2 Å². The third-order valence-corrected chi connectivity index (χ3v) is 6.93. The average molecular weight is 473 g/mol. The summed E-state index contributed by atoms with van der Waals surface area (Å²) in [6.07, 6.45) is 3.44. The van der Waals surface area contributed by atoms with Crippen molar-refractivity contribution < 1.29 is 24.5 Å². The van der Waals surface area contributed by atoms with Crippen LogP contribution in [-0.2, 0) is 20.7 Å². The van der Waals surface area contributed by atoms with Crippen molar-refractivity contribution in [2.75, 3.05) is 13.7 Å². The number of allylic oxidation sites excluding steroid dienone is 1. The number of fused-ring (bicyclic) bond motifs is 3. The maximum Gasteiger partial charge on any atom is 0.252 e. The molecule has 7 nitrogen and oxygen atoms in total. The molecule has 0 saturated carbocycles. The van der Waals surface area contributed by atoms with Crippen LogP contribution in [0.25, 0.3) is 0 Å². The van der Waals surface area contributed by atoms with E-state index in [0.717, 1.165) is 30.4 Å². The largest absolute Gasteiger partial charge is 0.389 e. The summed E-state index contributed by atoms with van der Waals surface area (Å²) in [7, 11) is 1.35. The van der Waals surface area contributed by atoms with Gasteiger partial charge in [-0.1, -0.05) is 64.1 Å². The minimum Gasteiger partial charge on any atom is -0.389 e. The molecule has 2 amide bonds. The number of aliphatic hydroxyl groups is 2. The first-order valence-electron chi connectivity index (χ1n) is 12.3. The van der Waals surface area contributed by atoms with Gasteiger partial charge in [0.2, 0.25) is 5.91 Å². The fourth-order valence-electron chi connectivity index (χ4n) is 4.88. The molecular weight excluding hydrogens is 432 g/mol. The van der Waals surface area contributed by atoms with E-state index in [1.165, 1.54) is 7.11 Å². The highest BCUT2D eigenvalue weighted by Crippen LogP contribution is 2.36. The molecule has 0 aliphatic carbocycles. The number of rotatable bonds is 7. The molecule has 0 aromatic heterocycles. The minimum atomic E-state index is -1.25. The van der Waals surface area contributed by atoms with Gasteiger partial charge in [0.05, 0.1) is 18.2 Å². The number of hydrogen-bond acceptors (Lipinski definition) is 5. The number of amides is 2. The summed E-state index contributed by atoms with van der Waals surface area (Å²) < 4.78 is 5.35. The van der Waals surface area contributed by atoms with E-state index < -0.39 is 36.2 Å². The molecule has 0 spiro atoms. The van der Waals surface area contributed by atoms with Crippen LogP contribution >= 0.6 is 0 Å². The summed E-state index contributed by atoms with van der Waals surface area (Å²) in [4.78, 5) is 28.5. The third-order valence-electron chi connectivity index (χ3n) is 6.93. The van der Waals surface area contributed by atoms with E-state index in [4.69, 9.17) is 4.74 Å². The summed E-state index contributed by atoms with van der Waals surface area (Å²) in [5, 5.41) is 24.2. The molecule has 2 heterocycles. The van der Waals surface area contributed by atoms with E-state index in [0.29, 0.717) is 13.0 Å². The number of nitrogens with zero attached hydrogens (tertiary/aromatic N) is 1. The third kappa shape index (κ3) is 6.06. The summed E-state index contributed by atoms with van der Waals surface area (Å²) in [6.45, 7) is 8.38. The zero-order chi connectivity index (χ0) is 25.0. The zero-order valence-electron chi connectivity index (χ0n) is 21.0. The highest BCUT2D eigenvalue weighted by Gasteiger charge is 2.40. The molecule has 1 aromatic rings. The van der Waals surface area contributed by atoms with Gasteiger partial charge in [-0.05, 0) is 35.8 Å². The Labute approximate surface area is 203 Å². The molecule has 1 unspecified atom stereocenters. The van der Waals surface area contributed by atoms with Gasteiger partial charge in [0.25, 0.3) is 5.91 Å². The van der Waals surface area contributed by atoms with Crippen LogP contribution in [0.15, 0.2) is 36.4 Å². The topological polar surface area (TPSA) is 99.1 Å². The van der Waals surface area contributed by atoms with Gasteiger partial charge in [0.15, 0.2) is 6.10 Å². The Kier molecular flexibility index (Phi) is 8.55. The Morgan fingerprint density at radius 1 is 1.24 bits per heavy atom. The molecular formula is C27H40N2O5. The van der Waals surface area contributed by atoms with Gasteiger partial charge in [-0.15, -0.1) is 0 Å². The molecule has 0 radical (unpaired) electrons. The molecule has 6 atom stereocenters. The molecule has 34 heavy (non-hydrogen) atoms. The van der Waals surface area contributed by atoms with Crippen molar-refractivity contribution in [1.29, 1.82) is 0 Å². The monoisotopic (exact) mass is 472 g/mol. The lowest BCUT2D eigenvalue weighted by atomic mass is 9.90. The first kappa shape index (κ1) is 26.4. The van der Waals surface area contributed by atoms with Crippen LogP contribution in [0.3, 0.4) is 0 Å². The highest BCUT2D eigenvalue weighted by atomic mass is 16.5. The van der Waals surface area contributed by atoms with Gasteiger partial charge >= 0.3 is 0 Å². The Morgan fingerprint density at radius 2 is 1.94 bits per heavy atom.